The van der Waals surface area contributed by atoms with Crippen molar-refractivity contribution >= 4 is 52.2 Å². The molecule has 8 aliphatic rings. The number of benzene rings is 3. The maximum absolute atomic E-state index is 5.55. The number of fused-ring (bicyclic) bond motifs is 2. The molecular weight excluding hydrogens is 707 g/mol. The molecule has 13 rings (SSSR count). The third-order valence-corrected chi connectivity index (χ3v) is 22.7. The van der Waals surface area contributed by atoms with Crippen molar-refractivity contribution in [3.63, 3.8) is 0 Å². The first-order valence-corrected chi connectivity index (χ1v) is 27.3. The first kappa shape index (κ1) is 34.8. The summed E-state index contributed by atoms with van der Waals surface area (Å²) in [7, 11) is 1.62. The Morgan fingerprint density at radius 1 is 0.574 bits per heavy atom. The molecule has 8 bridgehead atoms. The molecular formula is C49H58N2P2Si. The fraction of sp³-hybridized carbons (Fsp3) is 0.510. The maximum atomic E-state index is 5.55. The Hall–Kier alpha value is -2.44. The normalized spacial score (nSPS) is 33.2. The minimum Gasteiger partial charge on any atom is -0.251 e. The van der Waals surface area contributed by atoms with Crippen LogP contribution in [-0.4, -0.2) is 29.4 Å². The Morgan fingerprint density at radius 3 is 1.46 bits per heavy atom. The van der Waals surface area contributed by atoms with Gasteiger partial charge in [-0.3, -0.25) is 9.97 Å². The first-order valence-electron chi connectivity index (χ1n) is 21.6. The number of aromatic nitrogens is 2. The van der Waals surface area contributed by atoms with Gasteiger partial charge in [0.25, 0.3) is 0 Å². The van der Waals surface area contributed by atoms with Crippen LogP contribution in [0.5, 0.6) is 0 Å². The summed E-state index contributed by atoms with van der Waals surface area (Å²) >= 11 is 0. The number of hydrogen-bond donors (Lipinski definition) is 0. The summed E-state index contributed by atoms with van der Waals surface area (Å²) in [6, 6.07) is 34.4. The summed E-state index contributed by atoms with van der Waals surface area (Å²) < 4.78 is 0. The molecule has 1 atom stereocenters. The summed E-state index contributed by atoms with van der Waals surface area (Å²) in [6.07, 6.45) is 16.7. The van der Waals surface area contributed by atoms with Gasteiger partial charge in [-0.2, -0.15) is 0 Å². The van der Waals surface area contributed by atoms with Crippen LogP contribution in [0.25, 0.3) is 21.8 Å². The van der Waals surface area contributed by atoms with Crippen molar-refractivity contribution in [1.82, 2.24) is 9.97 Å². The molecule has 2 aromatic heterocycles. The molecule has 3 aromatic carbocycles. The molecule has 5 heteroatoms. The van der Waals surface area contributed by atoms with Gasteiger partial charge in [-0.15, -0.1) is 9.24 Å². The molecule has 2 nitrogen and oxygen atoms in total. The zero-order valence-corrected chi connectivity index (χ0v) is 35.7. The van der Waals surface area contributed by atoms with Crippen LogP contribution in [-0.2, 0) is 11.3 Å². The Morgan fingerprint density at radius 2 is 1.02 bits per heavy atom. The number of nitrogens with zero attached hydrogens (tertiary/aromatic N) is 2. The largest absolute Gasteiger partial charge is 0.251 e. The second kappa shape index (κ2) is 13.0. The lowest BCUT2D eigenvalue weighted by Crippen LogP contribution is -2.52. The average molecular weight is 765 g/mol. The van der Waals surface area contributed by atoms with E-state index in [9.17, 15) is 0 Å². The minimum absolute atomic E-state index is 0.171. The molecule has 0 spiro atoms. The van der Waals surface area contributed by atoms with E-state index in [1.54, 1.807) is 75.0 Å². The molecule has 8 saturated carbocycles. The van der Waals surface area contributed by atoms with Gasteiger partial charge in [0.05, 0.1) is 35.7 Å². The van der Waals surface area contributed by atoms with E-state index < -0.39 is 13.2 Å². The monoisotopic (exact) mass is 764 g/mol. The molecule has 0 aliphatic heterocycles. The second-order valence-corrected chi connectivity index (χ2v) is 28.7. The summed E-state index contributed by atoms with van der Waals surface area (Å²) in [6.45, 7) is 7.57. The quantitative estimate of drug-likeness (QED) is 0.116. The minimum atomic E-state index is -1.65. The van der Waals surface area contributed by atoms with Crippen molar-refractivity contribution in [2.24, 2.45) is 47.3 Å². The Kier molecular flexibility index (Phi) is 8.40. The van der Waals surface area contributed by atoms with Gasteiger partial charge in [0.1, 0.15) is 0 Å². The third-order valence-electron chi connectivity index (χ3n) is 15.9. The van der Waals surface area contributed by atoms with Crippen LogP contribution in [0.2, 0.25) is 19.6 Å². The van der Waals surface area contributed by atoms with Gasteiger partial charge in [0.2, 0.25) is 0 Å². The highest BCUT2D eigenvalue weighted by molar-refractivity contribution is 7.58. The van der Waals surface area contributed by atoms with E-state index in [2.05, 4.69) is 120 Å². The lowest BCUT2D eigenvalue weighted by atomic mass is 9.55. The molecule has 5 aromatic rings. The van der Waals surface area contributed by atoms with Crippen LogP contribution >= 0.6 is 17.2 Å². The van der Waals surface area contributed by atoms with E-state index in [0.29, 0.717) is 0 Å². The van der Waals surface area contributed by atoms with E-state index in [1.807, 2.05) is 0 Å². The topological polar surface area (TPSA) is 25.8 Å². The Balaban J connectivity index is 1.11. The van der Waals surface area contributed by atoms with Crippen molar-refractivity contribution < 1.29 is 0 Å². The SMILES string of the molecule is C[Si](C)(C)c1ccc(CP(C2C3CC4CC(C3)CC2C4)C2C3CC4CC(C3)CC2C4)c(C(P)(c2ccc3ccccc3n2)c2ccc3ccccc3n2)c1. The lowest BCUT2D eigenvalue weighted by Gasteiger charge is -2.62. The summed E-state index contributed by atoms with van der Waals surface area (Å²) in [5.74, 6) is 8.07. The summed E-state index contributed by atoms with van der Waals surface area (Å²) in [5.41, 5.74) is 9.31. The van der Waals surface area contributed by atoms with Crippen LogP contribution in [0.1, 0.15) is 86.7 Å². The molecule has 0 saturated heterocycles. The van der Waals surface area contributed by atoms with Gasteiger partial charge >= 0.3 is 0 Å². The van der Waals surface area contributed by atoms with Crippen molar-refractivity contribution in [2.75, 3.05) is 0 Å². The highest BCUT2D eigenvalue weighted by Crippen LogP contribution is 2.72. The van der Waals surface area contributed by atoms with Gasteiger partial charge in [-0.1, -0.05) is 99.5 Å². The lowest BCUT2D eigenvalue weighted by molar-refractivity contribution is 0.0129. The average Bonchev–Trinajstić information content (AvgIpc) is 3.16. The van der Waals surface area contributed by atoms with Crippen LogP contribution in [0.3, 0.4) is 0 Å². The second-order valence-electron chi connectivity index (χ2n) is 20.2. The van der Waals surface area contributed by atoms with Crippen molar-refractivity contribution in [2.45, 2.75) is 106 Å². The van der Waals surface area contributed by atoms with E-state index in [-0.39, 0.29) is 7.92 Å². The fourth-order valence-electron chi connectivity index (χ4n) is 14.0. The molecule has 8 aliphatic carbocycles. The Labute approximate surface area is 328 Å². The summed E-state index contributed by atoms with van der Waals surface area (Å²) in [4.78, 5) is 11.1. The van der Waals surface area contributed by atoms with Crippen LogP contribution in [0, 0.1) is 47.3 Å². The molecule has 0 amide bonds. The van der Waals surface area contributed by atoms with E-state index in [0.717, 1.165) is 81.1 Å². The standard InChI is InChI=1S/C49H58N2P2Si/c1-54(2,3)41-15-12-36(29-53(47-37-20-30-18-31(22-37)23-38(47)21-30)48-39-24-32-19-33(26-39)27-40(48)25-32)42(28-41)49(52,45-16-13-34-8-4-6-10-43(34)50-45)46-17-14-35-9-5-7-11-44(35)51-46/h4-17,28,30-33,37-40,47-48H,18-27,29,52H2,1-3H3. The third kappa shape index (κ3) is 5.75. The van der Waals surface area contributed by atoms with Crippen LogP contribution in [0.4, 0.5) is 0 Å². The van der Waals surface area contributed by atoms with Crippen molar-refractivity contribution in [3.05, 3.63) is 114 Å². The van der Waals surface area contributed by atoms with Gasteiger partial charge in [-0.25, -0.2) is 0 Å². The predicted octanol–water partition coefficient (Wildman–Crippen LogP) is 12.1. The molecule has 1 unspecified atom stereocenters. The van der Waals surface area contributed by atoms with Crippen molar-refractivity contribution in [1.29, 1.82) is 0 Å². The van der Waals surface area contributed by atoms with E-state index in [4.69, 9.17) is 9.97 Å². The number of rotatable bonds is 8. The summed E-state index contributed by atoms with van der Waals surface area (Å²) in [5, 5.41) is 3.36. The molecule has 0 N–H and O–H groups in total. The van der Waals surface area contributed by atoms with Gasteiger partial charge in [-0.05, 0) is 164 Å². The zero-order chi connectivity index (χ0) is 36.3. The first-order chi connectivity index (χ1) is 26.2. The predicted molar refractivity (Wildman–Crippen MR) is 235 cm³/mol. The molecule has 278 valence electrons. The van der Waals surface area contributed by atoms with Crippen LogP contribution < -0.4 is 5.19 Å². The number of para-hydroxylation sites is 2. The van der Waals surface area contributed by atoms with Gasteiger partial charge in [0.15, 0.2) is 0 Å². The highest BCUT2D eigenvalue weighted by atomic mass is 31.1. The molecule has 2 heterocycles. The van der Waals surface area contributed by atoms with E-state index >= 15 is 0 Å². The number of hydrogen-bond acceptors (Lipinski definition) is 2. The van der Waals surface area contributed by atoms with Gasteiger partial charge in [0, 0.05) is 10.8 Å². The fourth-order valence-corrected chi connectivity index (χ4v) is 20.4. The zero-order valence-electron chi connectivity index (χ0n) is 32.6. The highest BCUT2D eigenvalue weighted by Gasteiger charge is 2.57. The van der Waals surface area contributed by atoms with E-state index in [1.165, 1.54) is 22.5 Å². The molecule has 8 fully saturated rings. The van der Waals surface area contributed by atoms with Gasteiger partial charge < -0.3 is 0 Å². The molecule has 54 heavy (non-hydrogen) atoms. The Bertz CT molecular complexity index is 2060. The maximum Gasteiger partial charge on any atom is 0.0936 e. The van der Waals surface area contributed by atoms with Crippen LogP contribution in [0.15, 0.2) is 91.0 Å². The number of pyridine rings is 2. The van der Waals surface area contributed by atoms with Crippen molar-refractivity contribution in [3.8, 4) is 0 Å². The molecule has 0 radical (unpaired) electrons. The smallest absolute Gasteiger partial charge is 0.0936 e.